The second kappa shape index (κ2) is 8.42. The Labute approximate surface area is 108 Å². The second-order valence-corrected chi connectivity index (χ2v) is 4.46. The van der Waals surface area contributed by atoms with Gasteiger partial charge in [0.2, 0.25) is 0 Å². The number of hydrogen-bond acceptors (Lipinski definition) is 5. The van der Waals surface area contributed by atoms with Crippen molar-refractivity contribution in [2.45, 2.75) is 44.6 Å². The Morgan fingerprint density at radius 3 is 2.83 bits per heavy atom. The molecule has 1 unspecified atom stereocenters. The molecule has 0 bridgehead atoms. The van der Waals surface area contributed by atoms with E-state index in [9.17, 15) is 4.79 Å². The normalized spacial score (nSPS) is 23.6. The van der Waals surface area contributed by atoms with Crippen LogP contribution in [-0.2, 0) is 19.0 Å². The topological polar surface area (TPSA) is 77.0 Å². The first kappa shape index (κ1) is 15.4. The fraction of sp³-hybridized carbons (Fsp3) is 0.917. The maximum atomic E-state index is 10.7. The van der Waals surface area contributed by atoms with E-state index in [1.165, 1.54) is 0 Å². The second-order valence-electron chi connectivity index (χ2n) is 4.46. The molecule has 3 atom stereocenters. The van der Waals surface area contributed by atoms with Crippen molar-refractivity contribution in [1.82, 2.24) is 5.32 Å². The highest BCUT2D eigenvalue weighted by molar-refractivity contribution is 5.73. The van der Waals surface area contributed by atoms with E-state index in [-0.39, 0.29) is 19.0 Å². The number of carboxylic acid groups (broad SMARTS) is 1. The van der Waals surface area contributed by atoms with Gasteiger partial charge in [0.15, 0.2) is 6.29 Å². The van der Waals surface area contributed by atoms with Crippen LogP contribution >= 0.6 is 0 Å². The molecule has 6 heteroatoms. The molecule has 0 aromatic heterocycles. The van der Waals surface area contributed by atoms with Gasteiger partial charge in [0.05, 0.1) is 19.3 Å². The van der Waals surface area contributed by atoms with E-state index in [0.717, 1.165) is 25.9 Å². The van der Waals surface area contributed by atoms with Gasteiger partial charge >= 0.3 is 5.97 Å². The Balaban J connectivity index is 2.12. The average Bonchev–Trinajstić information content (AvgIpc) is 2.35. The molecule has 1 rings (SSSR count). The smallest absolute Gasteiger partial charge is 0.323 e. The lowest BCUT2D eigenvalue weighted by molar-refractivity contribution is -0.194. The Kier molecular flexibility index (Phi) is 7.19. The van der Waals surface area contributed by atoms with E-state index >= 15 is 0 Å². The van der Waals surface area contributed by atoms with Crippen LogP contribution in [-0.4, -0.2) is 56.4 Å². The Morgan fingerprint density at radius 1 is 1.50 bits per heavy atom. The first-order valence-corrected chi connectivity index (χ1v) is 6.38. The van der Waals surface area contributed by atoms with Crippen molar-refractivity contribution in [3.8, 4) is 0 Å². The number of carboxylic acids is 1. The molecule has 2 N–H and O–H groups in total. The van der Waals surface area contributed by atoms with E-state index in [4.69, 9.17) is 19.3 Å². The SMILES string of the molecule is CN[C@@H](COC[C@@H](C)OC1CCCCO1)C(=O)O. The maximum Gasteiger partial charge on any atom is 0.323 e. The fourth-order valence-electron chi connectivity index (χ4n) is 1.75. The summed E-state index contributed by atoms with van der Waals surface area (Å²) in [5.41, 5.74) is 0. The largest absolute Gasteiger partial charge is 0.480 e. The summed E-state index contributed by atoms with van der Waals surface area (Å²) in [7, 11) is 1.60. The predicted octanol–water partition coefficient (Wildman–Crippen LogP) is 0.607. The van der Waals surface area contributed by atoms with Crippen LogP contribution < -0.4 is 5.32 Å². The molecule has 0 spiro atoms. The molecule has 0 radical (unpaired) electrons. The molecule has 1 fully saturated rings. The van der Waals surface area contributed by atoms with Gasteiger partial charge in [0, 0.05) is 6.61 Å². The third-order valence-electron chi connectivity index (χ3n) is 2.81. The van der Waals surface area contributed by atoms with Crippen LogP contribution in [0.25, 0.3) is 0 Å². The van der Waals surface area contributed by atoms with Crippen molar-refractivity contribution in [3.63, 3.8) is 0 Å². The molecule has 0 saturated carbocycles. The molecule has 1 saturated heterocycles. The highest BCUT2D eigenvalue weighted by Crippen LogP contribution is 2.15. The van der Waals surface area contributed by atoms with Gasteiger partial charge in [-0.2, -0.15) is 0 Å². The van der Waals surface area contributed by atoms with E-state index in [1.807, 2.05) is 6.92 Å². The fourth-order valence-corrected chi connectivity index (χ4v) is 1.75. The van der Waals surface area contributed by atoms with Gasteiger partial charge in [0.1, 0.15) is 6.04 Å². The minimum Gasteiger partial charge on any atom is -0.480 e. The molecule has 6 nitrogen and oxygen atoms in total. The zero-order chi connectivity index (χ0) is 13.4. The van der Waals surface area contributed by atoms with Crippen molar-refractivity contribution in [3.05, 3.63) is 0 Å². The van der Waals surface area contributed by atoms with Crippen molar-refractivity contribution < 1.29 is 24.1 Å². The highest BCUT2D eigenvalue weighted by atomic mass is 16.7. The molecule has 1 aliphatic rings. The summed E-state index contributed by atoms with van der Waals surface area (Å²) < 4.78 is 16.4. The predicted molar refractivity (Wildman–Crippen MR) is 65.4 cm³/mol. The summed E-state index contributed by atoms with van der Waals surface area (Å²) in [6.45, 7) is 3.14. The minimum atomic E-state index is -0.915. The van der Waals surface area contributed by atoms with Gasteiger partial charge in [-0.05, 0) is 33.2 Å². The van der Waals surface area contributed by atoms with E-state index in [2.05, 4.69) is 5.32 Å². The summed E-state index contributed by atoms with van der Waals surface area (Å²) in [6.07, 6.45) is 2.89. The van der Waals surface area contributed by atoms with Gasteiger partial charge in [-0.1, -0.05) is 0 Å². The van der Waals surface area contributed by atoms with Crippen LogP contribution in [0.2, 0.25) is 0 Å². The van der Waals surface area contributed by atoms with Crippen molar-refractivity contribution in [2.24, 2.45) is 0 Å². The summed E-state index contributed by atoms with van der Waals surface area (Å²) in [5.74, 6) is -0.915. The molecule has 1 aliphatic heterocycles. The first-order chi connectivity index (χ1) is 8.63. The van der Waals surface area contributed by atoms with Crippen molar-refractivity contribution in [2.75, 3.05) is 26.9 Å². The van der Waals surface area contributed by atoms with Crippen molar-refractivity contribution in [1.29, 1.82) is 0 Å². The van der Waals surface area contributed by atoms with Crippen LogP contribution in [0.1, 0.15) is 26.2 Å². The lowest BCUT2D eigenvalue weighted by Gasteiger charge is -2.26. The molecule has 106 valence electrons. The zero-order valence-electron chi connectivity index (χ0n) is 11.1. The van der Waals surface area contributed by atoms with Crippen LogP contribution in [0.3, 0.4) is 0 Å². The molecule has 0 aromatic rings. The molecular formula is C12H23NO5. The Morgan fingerprint density at radius 2 is 2.28 bits per heavy atom. The number of aliphatic carboxylic acids is 1. The summed E-state index contributed by atoms with van der Waals surface area (Å²) >= 11 is 0. The van der Waals surface area contributed by atoms with E-state index in [1.54, 1.807) is 7.05 Å². The number of carbonyl (C=O) groups is 1. The van der Waals surface area contributed by atoms with Gasteiger partial charge in [-0.25, -0.2) is 0 Å². The Bertz CT molecular complexity index is 243. The molecular weight excluding hydrogens is 238 g/mol. The third kappa shape index (κ3) is 5.77. The van der Waals surface area contributed by atoms with Gasteiger partial charge < -0.3 is 24.6 Å². The summed E-state index contributed by atoms with van der Waals surface area (Å²) in [5, 5.41) is 11.5. The number of hydrogen-bond donors (Lipinski definition) is 2. The van der Waals surface area contributed by atoms with Crippen LogP contribution in [0, 0.1) is 0 Å². The average molecular weight is 261 g/mol. The number of nitrogens with one attached hydrogen (secondary N) is 1. The molecule has 18 heavy (non-hydrogen) atoms. The maximum absolute atomic E-state index is 10.7. The number of ether oxygens (including phenoxy) is 3. The molecule has 0 aromatic carbocycles. The molecule has 0 aliphatic carbocycles. The zero-order valence-corrected chi connectivity index (χ0v) is 11.1. The lowest BCUT2D eigenvalue weighted by atomic mass is 10.2. The first-order valence-electron chi connectivity index (χ1n) is 6.38. The monoisotopic (exact) mass is 261 g/mol. The van der Waals surface area contributed by atoms with Gasteiger partial charge in [0.25, 0.3) is 0 Å². The quantitative estimate of drug-likeness (QED) is 0.666. The van der Waals surface area contributed by atoms with Crippen molar-refractivity contribution >= 4 is 5.97 Å². The number of likely N-dealkylation sites (N-methyl/N-ethyl adjacent to an activating group) is 1. The minimum absolute atomic E-state index is 0.0978. The Hall–Kier alpha value is -0.690. The lowest BCUT2D eigenvalue weighted by Crippen LogP contribution is -2.39. The van der Waals surface area contributed by atoms with E-state index in [0.29, 0.717) is 6.61 Å². The summed E-state index contributed by atoms with van der Waals surface area (Å²) in [4.78, 5) is 10.7. The molecule has 0 amide bonds. The van der Waals surface area contributed by atoms with Crippen LogP contribution in [0.4, 0.5) is 0 Å². The number of rotatable bonds is 8. The van der Waals surface area contributed by atoms with Gasteiger partial charge in [-0.15, -0.1) is 0 Å². The van der Waals surface area contributed by atoms with Gasteiger partial charge in [-0.3, -0.25) is 4.79 Å². The third-order valence-corrected chi connectivity index (χ3v) is 2.81. The highest BCUT2D eigenvalue weighted by Gasteiger charge is 2.19. The van der Waals surface area contributed by atoms with Crippen LogP contribution in [0.5, 0.6) is 0 Å². The standard InChI is InChI=1S/C12H23NO5/c1-9(18-11-5-3-4-6-17-11)7-16-8-10(13-2)12(14)15/h9-11,13H,3-8H2,1-2H3,(H,14,15)/t9-,10+,11?/m1/s1. The van der Waals surface area contributed by atoms with Crippen LogP contribution in [0.15, 0.2) is 0 Å². The van der Waals surface area contributed by atoms with E-state index < -0.39 is 12.0 Å². The summed E-state index contributed by atoms with van der Waals surface area (Å²) in [6, 6.07) is -0.678. The molecule has 1 heterocycles.